The van der Waals surface area contributed by atoms with Crippen molar-refractivity contribution < 1.29 is 14.3 Å². The van der Waals surface area contributed by atoms with Crippen LogP contribution in [0.25, 0.3) is 10.2 Å². The Morgan fingerprint density at radius 1 is 1.23 bits per heavy atom. The summed E-state index contributed by atoms with van der Waals surface area (Å²) in [5.41, 5.74) is 0.697. The highest BCUT2D eigenvalue weighted by molar-refractivity contribution is 7.22. The van der Waals surface area contributed by atoms with Crippen LogP contribution in [0.1, 0.15) is 6.42 Å². The molecule has 0 saturated carbocycles. The van der Waals surface area contributed by atoms with E-state index in [0.29, 0.717) is 33.7 Å². The molecular formula is C22H19ClN4O3S. The predicted octanol–water partition coefficient (Wildman–Crippen LogP) is 4.41. The first-order valence-electron chi connectivity index (χ1n) is 9.90. The number of nitrogens with zero attached hydrogens (tertiary/aromatic N) is 4. The maximum absolute atomic E-state index is 13.5. The van der Waals surface area contributed by atoms with Crippen LogP contribution in [0.3, 0.4) is 0 Å². The van der Waals surface area contributed by atoms with Crippen LogP contribution in [0.15, 0.2) is 61.2 Å². The second kappa shape index (κ2) is 8.56. The van der Waals surface area contributed by atoms with Crippen LogP contribution in [0.5, 0.6) is 11.5 Å². The molecule has 158 valence electrons. The first kappa shape index (κ1) is 19.8. The van der Waals surface area contributed by atoms with Gasteiger partial charge in [0.2, 0.25) is 6.10 Å². The number of carbonyl (C=O) groups is 1. The van der Waals surface area contributed by atoms with Gasteiger partial charge in [-0.15, -0.1) is 0 Å². The molecule has 2 aromatic heterocycles. The summed E-state index contributed by atoms with van der Waals surface area (Å²) in [5, 5.41) is 1.16. The number of carbonyl (C=O) groups excluding carboxylic acids is 1. The molecule has 7 nitrogen and oxygen atoms in total. The first-order valence-corrected chi connectivity index (χ1v) is 11.1. The number of para-hydroxylation sites is 3. The Morgan fingerprint density at radius 3 is 2.90 bits per heavy atom. The molecule has 1 unspecified atom stereocenters. The molecule has 2 aromatic carbocycles. The van der Waals surface area contributed by atoms with Crippen molar-refractivity contribution in [2.45, 2.75) is 19.1 Å². The number of benzene rings is 2. The third kappa shape index (κ3) is 4.08. The summed E-state index contributed by atoms with van der Waals surface area (Å²) in [4.78, 5) is 23.9. The van der Waals surface area contributed by atoms with E-state index in [-0.39, 0.29) is 12.5 Å². The van der Waals surface area contributed by atoms with E-state index >= 15 is 0 Å². The Morgan fingerprint density at radius 2 is 2.10 bits per heavy atom. The van der Waals surface area contributed by atoms with Gasteiger partial charge in [-0.05, 0) is 30.7 Å². The van der Waals surface area contributed by atoms with Crippen molar-refractivity contribution in [1.82, 2.24) is 14.5 Å². The van der Waals surface area contributed by atoms with Gasteiger partial charge in [-0.3, -0.25) is 9.69 Å². The molecule has 0 N–H and O–H groups in total. The molecule has 1 amide bonds. The zero-order valence-corrected chi connectivity index (χ0v) is 18.1. The standard InChI is InChI=1S/C22H19ClN4O3S/c23-15-5-3-8-19-20(15)25-22(31-19)27(11-4-10-26-12-9-24-14-26)21(28)18-13-29-16-6-1-2-7-17(16)30-18/h1-3,5-9,12,14,18H,4,10-11,13H2. The quantitative estimate of drug-likeness (QED) is 0.431. The van der Waals surface area contributed by atoms with Crippen LogP contribution < -0.4 is 14.4 Å². The topological polar surface area (TPSA) is 69.5 Å². The molecule has 1 aliphatic heterocycles. The Hall–Kier alpha value is -3.10. The van der Waals surface area contributed by atoms with Crippen LogP contribution >= 0.6 is 22.9 Å². The van der Waals surface area contributed by atoms with E-state index in [1.165, 1.54) is 11.3 Å². The zero-order valence-electron chi connectivity index (χ0n) is 16.5. The number of fused-ring (bicyclic) bond motifs is 2. The van der Waals surface area contributed by atoms with E-state index in [4.69, 9.17) is 21.1 Å². The number of amides is 1. The fourth-order valence-corrected chi connectivity index (χ4v) is 4.76. The van der Waals surface area contributed by atoms with Gasteiger partial charge < -0.3 is 14.0 Å². The third-order valence-corrected chi connectivity index (χ3v) is 6.35. The fraction of sp³-hybridized carbons (Fsp3) is 0.227. The van der Waals surface area contributed by atoms with Gasteiger partial charge in [0.15, 0.2) is 16.6 Å². The van der Waals surface area contributed by atoms with Gasteiger partial charge in [0.25, 0.3) is 5.91 Å². The number of aromatic nitrogens is 3. The minimum atomic E-state index is -0.745. The Balaban J connectivity index is 1.41. The van der Waals surface area contributed by atoms with Crippen LogP contribution in [-0.2, 0) is 11.3 Å². The average molecular weight is 455 g/mol. The lowest BCUT2D eigenvalue weighted by Crippen LogP contribution is -2.47. The number of thiazole rings is 1. The highest BCUT2D eigenvalue weighted by Gasteiger charge is 2.33. The SMILES string of the molecule is O=C(C1COc2ccccc2O1)N(CCCn1ccnc1)c1nc2c(Cl)cccc2s1. The molecule has 0 spiro atoms. The third-order valence-electron chi connectivity index (χ3n) is 5.00. The van der Waals surface area contributed by atoms with E-state index < -0.39 is 6.10 Å². The summed E-state index contributed by atoms with van der Waals surface area (Å²) in [7, 11) is 0. The number of hydrogen-bond acceptors (Lipinski definition) is 6. The summed E-state index contributed by atoms with van der Waals surface area (Å²) in [6.07, 6.45) is 5.39. The van der Waals surface area contributed by atoms with Crippen molar-refractivity contribution in [2.24, 2.45) is 0 Å². The van der Waals surface area contributed by atoms with Gasteiger partial charge in [-0.2, -0.15) is 0 Å². The lowest BCUT2D eigenvalue weighted by molar-refractivity contribution is -0.127. The van der Waals surface area contributed by atoms with Crippen molar-refractivity contribution in [2.75, 3.05) is 18.1 Å². The minimum Gasteiger partial charge on any atom is -0.485 e. The monoisotopic (exact) mass is 454 g/mol. The minimum absolute atomic E-state index is 0.152. The Kier molecular flexibility index (Phi) is 5.48. The van der Waals surface area contributed by atoms with Crippen LogP contribution in [0, 0.1) is 0 Å². The fourth-order valence-electron chi connectivity index (χ4n) is 3.46. The summed E-state index contributed by atoms with van der Waals surface area (Å²) in [6, 6.07) is 13.0. The zero-order chi connectivity index (χ0) is 21.2. The van der Waals surface area contributed by atoms with E-state index in [1.54, 1.807) is 29.6 Å². The van der Waals surface area contributed by atoms with Gasteiger partial charge in [0, 0.05) is 25.5 Å². The van der Waals surface area contributed by atoms with Crippen LogP contribution in [0.4, 0.5) is 5.13 Å². The van der Waals surface area contributed by atoms with Gasteiger partial charge in [0.05, 0.1) is 16.0 Å². The van der Waals surface area contributed by atoms with Crippen molar-refractivity contribution in [3.05, 3.63) is 66.2 Å². The molecule has 1 aliphatic rings. The lowest BCUT2D eigenvalue weighted by Gasteiger charge is -2.29. The van der Waals surface area contributed by atoms with Crippen molar-refractivity contribution >= 4 is 44.2 Å². The second-order valence-electron chi connectivity index (χ2n) is 7.09. The number of hydrogen-bond donors (Lipinski definition) is 0. The molecular weight excluding hydrogens is 436 g/mol. The first-order chi connectivity index (χ1) is 15.2. The maximum atomic E-state index is 13.5. The molecule has 0 fully saturated rings. The van der Waals surface area contributed by atoms with Gasteiger partial charge >= 0.3 is 0 Å². The van der Waals surface area contributed by atoms with Crippen molar-refractivity contribution in [3.8, 4) is 11.5 Å². The molecule has 5 rings (SSSR count). The molecule has 9 heteroatoms. The van der Waals surface area contributed by atoms with Crippen molar-refractivity contribution in [1.29, 1.82) is 0 Å². The largest absolute Gasteiger partial charge is 0.485 e. The Bertz CT molecular complexity index is 1210. The van der Waals surface area contributed by atoms with Gasteiger partial charge in [0.1, 0.15) is 12.1 Å². The molecule has 3 heterocycles. The Labute approximate surface area is 187 Å². The molecule has 1 atom stereocenters. The molecule has 4 aromatic rings. The number of halogens is 1. The summed E-state index contributed by atoms with van der Waals surface area (Å²) in [5.74, 6) is 1.03. The van der Waals surface area contributed by atoms with E-state index in [9.17, 15) is 4.79 Å². The average Bonchev–Trinajstić information content (AvgIpc) is 3.46. The number of ether oxygens (including phenoxy) is 2. The number of rotatable bonds is 6. The molecule has 31 heavy (non-hydrogen) atoms. The number of aryl methyl sites for hydroxylation is 1. The number of imidazole rings is 1. The smallest absolute Gasteiger partial charge is 0.273 e. The second-order valence-corrected chi connectivity index (χ2v) is 8.51. The maximum Gasteiger partial charge on any atom is 0.273 e. The van der Waals surface area contributed by atoms with Gasteiger partial charge in [-0.25, -0.2) is 9.97 Å². The highest BCUT2D eigenvalue weighted by atomic mass is 35.5. The predicted molar refractivity (Wildman–Crippen MR) is 120 cm³/mol. The van der Waals surface area contributed by atoms with Crippen LogP contribution in [-0.4, -0.2) is 39.7 Å². The molecule has 0 aliphatic carbocycles. The molecule has 0 radical (unpaired) electrons. The normalized spacial score (nSPS) is 15.2. The summed E-state index contributed by atoms with van der Waals surface area (Å²) >= 11 is 7.76. The molecule has 0 saturated heterocycles. The lowest BCUT2D eigenvalue weighted by atomic mass is 10.2. The highest BCUT2D eigenvalue weighted by Crippen LogP contribution is 2.35. The van der Waals surface area contributed by atoms with Gasteiger partial charge in [-0.1, -0.05) is 41.1 Å². The number of anilines is 1. The van der Waals surface area contributed by atoms with E-state index in [2.05, 4.69) is 9.97 Å². The van der Waals surface area contributed by atoms with Crippen LogP contribution in [0.2, 0.25) is 5.02 Å². The summed E-state index contributed by atoms with van der Waals surface area (Å²) < 4.78 is 14.6. The van der Waals surface area contributed by atoms with E-state index in [1.807, 2.05) is 41.1 Å². The molecule has 0 bridgehead atoms. The van der Waals surface area contributed by atoms with E-state index in [0.717, 1.165) is 17.7 Å². The van der Waals surface area contributed by atoms with Crippen molar-refractivity contribution in [3.63, 3.8) is 0 Å². The summed E-state index contributed by atoms with van der Waals surface area (Å²) in [6.45, 7) is 1.37.